The van der Waals surface area contributed by atoms with Gasteiger partial charge in [0.25, 0.3) is 10.0 Å². The van der Waals surface area contributed by atoms with Crippen LogP contribution in [0.1, 0.15) is 24.5 Å². The Labute approximate surface area is 207 Å². The zero-order valence-corrected chi connectivity index (χ0v) is 21.4. The molecular weight excluding hydrogens is 472 g/mol. The van der Waals surface area contributed by atoms with Gasteiger partial charge in [-0.1, -0.05) is 17.7 Å². The van der Waals surface area contributed by atoms with Crippen molar-refractivity contribution in [2.45, 2.75) is 20.3 Å². The highest BCUT2D eigenvalue weighted by molar-refractivity contribution is 8.00. The fraction of sp³-hybridized carbons (Fsp3) is 0.400. The highest BCUT2D eigenvalue weighted by Crippen LogP contribution is 2.31. The minimum atomic E-state index is -3.62. The minimum absolute atomic E-state index is 0.279. The van der Waals surface area contributed by atoms with Crippen molar-refractivity contribution in [1.29, 1.82) is 0 Å². The van der Waals surface area contributed by atoms with Gasteiger partial charge < -0.3 is 9.64 Å². The van der Waals surface area contributed by atoms with Crippen LogP contribution in [0.15, 0.2) is 53.0 Å². The summed E-state index contributed by atoms with van der Waals surface area (Å²) in [5.41, 5.74) is 3.73. The monoisotopic (exact) mass is 502 g/mol. The van der Waals surface area contributed by atoms with E-state index in [0.29, 0.717) is 29.3 Å². The molecule has 1 N–H and O–H groups in total. The van der Waals surface area contributed by atoms with Gasteiger partial charge in [0.1, 0.15) is 16.5 Å². The third-order valence-electron chi connectivity index (χ3n) is 6.33. The lowest BCUT2D eigenvalue weighted by atomic mass is 10.1. The topological polar surface area (TPSA) is 74.2 Å². The Morgan fingerprint density at radius 2 is 1.76 bits per heavy atom. The van der Waals surface area contributed by atoms with Crippen LogP contribution in [0.4, 0.5) is 5.69 Å². The standard InChI is InChI=1S/C25H31ClN4O3S/c1-18-5-8-21(26)17-23(18)30-15-13-29(14-16-30)12-4-11-27-25-19(2)24(34(31,32)28-25)20-6-9-22(33-3)10-7-20/h5-10,17H,4,11-16H2,1-3H3,(H,27,28). The van der Waals surface area contributed by atoms with Crippen molar-refractivity contribution in [2.75, 3.05) is 51.3 Å². The number of anilines is 1. The van der Waals surface area contributed by atoms with Crippen molar-refractivity contribution in [3.8, 4) is 5.75 Å². The summed E-state index contributed by atoms with van der Waals surface area (Å²) in [4.78, 5) is 9.67. The third-order valence-corrected chi connectivity index (χ3v) is 8.11. The van der Waals surface area contributed by atoms with Crippen molar-refractivity contribution in [3.05, 3.63) is 64.2 Å². The molecule has 7 nitrogen and oxygen atoms in total. The Bertz CT molecular complexity index is 1200. The molecule has 2 aromatic carbocycles. The number of piperazine rings is 1. The SMILES string of the molecule is COc1ccc(C2=C(C)C(=NCCCN3CCN(c4cc(Cl)ccc4C)CC3)NS2(=O)=O)cc1. The maximum absolute atomic E-state index is 12.7. The van der Waals surface area contributed by atoms with E-state index in [9.17, 15) is 8.42 Å². The second-order valence-electron chi connectivity index (χ2n) is 8.63. The molecule has 2 aromatic rings. The first-order chi connectivity index (χ1) is 16.3. The van der Waals surface area contributed by atoms with Gasteiger partial charge in [-0.3, -0.25) is 14.6 Å². The molecule has 0 spiro atoms. The lowest BCUT2D eigenvalue weighted by Crippen LogP contribution is -2.47. The highest BCUT2D eigenvalue weighted by atomic mass is 35.5. The molecule has 2 aliphatic rings. The van der Waals surface area contributed by atoms with Crippen LogP contribution < -0.4 is 14.4 Å². The van der Waals surface area contributed by atoms with Crippen molar-refractivity contribution in [3.63, 3.8) is 0 Å². The Balaban J connectivity index is 1.32. The molecule has 2 aliphatic heterocycles. The Morgan fingerprint density at radius 1 is 1.06 bits per heavy atom. The first-order valence-electron chi connectivity index (χ1n) is 11.4. The van der Waals surface area contributed by atoms with Gasteiger partial charge in [-0.15, -0.1) is 0 Å². The summed E-state index contributed by atoms with van der Waals surface area (Å²) < 4.78 is 33.2. The van der Waals surface area contributed by atoms with E-state index in [1.165, 1.54) is 11.3 Å². The van der Waals surface area contributed by atoms with Gasteiger partial charge in [-0.25, -0.2) is 8.42 Å². The lowest BCUT2D eigenvalue weighted by molar-refractivity contribution is 0.256. The number of rotatable bonds is 7. The molecular formula is C25H31ClN4O3S. The van der Waals surface area contributed by atoms with Gasteiger partial charge >= 0.3 is 0 Å². The molecule has 0 aromatic heterocycles. The molecule has 0 saturated carbocycles. The summed E-state index contributed by atoms with van der Waals surface area (Å²) in [7, 11) is -2.04. The third kappa shape index (κ3) is 5.40. The fourth-order valence-corrected chi connectivity index (χ4v) is 6.14. The minimum Gasteiger partial charge on any atom is -0.497 e. The number of ether oxygens (including phenoxy) is 1. The lowest BCUT2D eigenvalue weighted by Gasteiger charge is -2.36. The van der Waals surface area contributed by atoms with E-state index in [2.05, 4.69) is 32.5 Å². The van der Waals surface area contributed by atoms with Gasteiger partial charge in [0.15, 0.2) is 0 Å². The van der Waals surface area contributed by atoms with Crippen LogP contribution in [-0.2, 0) is 10.0 Å². The van der Waals surface area contributed by atoms with E-state index in [-0.39, 0.29) is 4.91 Å². The summed E-state index contributed by atoms with van der Waals surface area (Å²) in [6.07, 6.45) is 0.868. The smallest absolute Gasteiger partial charge is 0.264 e. The van der Waals surface area contributed by atoms with Crippen LogP contribution in [0.3, 0.4) is 0 Å². The maximum atomic E-state index is 12.7. The molecule has 2 heterocycles. The fourth-order valence-electron chi connectivity index (χ4n) is 4.45. The number of nitrogens with zero attached hydrogens (tertiary/aromatic N) is 3. The zero-order valence-electron chi connectivity index (χ0n) is 19.8. The number of amidine groups is 1. The van der Waals surface area contributed by atoms with Crippen molar-refractivity contribution in [1.82, 2.24) is 9.62 Å². The summed E-state index contributed by atoms with van der Waals surface area (Å²) in [5.74, 6) is 1.12. The first-order valence-corrected chi connectivity index (χ1v) is 13.3. The molecule has 1 saturated heterocycles. The average Bonchev–Trinajstić information content (AvgIpc) is 3.06. The van der Waals surface area contributed by atoms with E-state index >= 15 is 0 Å². The molecule has 0 atom stereocenters. The van der Waals surface area contributed by atoms with Crippen molar-refractivity contribution in [2.24, 2.45) is 4.99 Å². The van der Waals surface area contributed by atoms with Gasteiger partial charge in [0.05, 0.1) is 7.11 Å². The van der Waals surface area contributed by atoms with Crippen LogP contribution in [0.5, 0.6) is 5.75 Å². The Hall–Kier alpha value is -2.55. The van der Waals surface area contributed by atoms with E-state index in [1.54, 1.807) is 38.3 Å². The number of hydrogen-bond acceptors (Lipinski definition) is 6. The molecule has 0 bridgehead atoms. The summed E-state index contributed by atoms with van der Waals surface area (Å²) >= 11 is 6.19. The van der Waals surface area contributed by atoms with E-state index in [4.69, 9.17) is 16.3 Å². The predicted molar refractivity (Wildman–Crippen MR) is 139 cm³/mol. The summed E-state index contributed by atoms with van der Waals surface area (Å²) in [6, 6.07) is 13.1. The Kier molecular flexibility index (Phi) is 7.50. The van der Waals surface area contributed by atoms with Crippen LogP contribution in [0, 0.1) is 6.92 Å². The van der Waals surface area contributed by atoms with Crippen molar-refractivity contribution < 1.29 is 13.2 Å². The van der Waals surface area contributed by atoms with Gasteiger partial charge in [-0.2, -0.15) is 0 Å². The van der Waals surface area contributed by atoms with Crippen LogP contribution in [0.25, 0.3) is 4.91 Å². The molecule has 4 rings (SSSR count). The maximum Gasteiger partial charge on any atom is 0.264 e. The van der Waals surface area contributed by atoms with Gasteiger partial charge in [-0.05, 0) is 67.8 Å². The first kappa shape index (κ1) is 24.6. The highest BCUT2D eigenvalue weighted by Gasteiger charge is 2.32. The average molecular weight is 503 g/mol. The number of aryl methyl sites for hydroxylation is 1. The van der Waals surface area contributed by atoms with Crippen LogP contribution in [0.2, 0.25) is 5.02 Å². The predicted octanol–water partition coefficient (Wildman–Crippen LogP) is 3.93. The van der Waals surface area contributed by atoms with Crippen LogP contribution in [-0.4, -0.2) is 65.5 Å². The number of benzene rings is 2. The molecule has 0 aliphatic carbocycles. The molecule has 34 heavy (non-hydrogen) atoms. The van der Waals surface area contributed by atoms with Gasteiger partial charge in [0, 0.05) is 55.6 Å². The molecule has 9 heteroatoms. The van der Waals surface area contributed by atoms with E-state index in [0.717, 1.165) is 44.2 Å². The number of halogens is 1. The number of methoxy groups -OCH3 is 1. The molecule has 182 valence electrons. The molecule has 0 amide bonds. The quantitative estimate of drug-likeness (QED) is 0.581. The number of hydrogen-bond donors (Lipinski definition) is 1. The number of sulfonamides is 1. The summed E-state index contributed by atoms with van der Waals surface area (Å²) in [5, 5.41) is 0.768. The van der Waals surface area contributed by atoms with Crippen molar-refractivity contribution >= 4 is 38.1 Å². The Morgan fingerprint density at radius 3 is 2.44 bits per heavy atom. The van der Waals surface area contributed by atoms with Gasteiger partial charge in [0.2, 0.25) is 0 Å². The second-order valence-corrected chi connectivity index (χ2v) is 10.7. The molecule has 0 unspecified atom stereocenters. The van der Waals surface area contributed by atoms with E-state index < -0.39 is 10.0 Å². The van der Waals surface area contributed by atoms with Crippen LogP contribution >= 0.6 is 11.6 Å². The number of nitrogens with one attached hydrogen (secondary N) is 1. The van der Waals surface area contributed by atoms with E-state index in [1.807, 2.05) is 12.1 Å². The zero-order chi connectivity index (χ0) is 24.3. The second kappa shape index (κ2) is 10.4. The number of aliphatic imine (C=N–C) groups is 1. The normalized spacial score (nSPS) is 19.5. The largest absolute Gasteiger partial charge is 0.497 e. The molecule has 0 radical (unpaired) electrons. The molecule has 1 fully saturated rings. The summed E-state index contributed by atoms with van der Waals surface area (Å²) in [6.45, 7) is 9.30.